The van der Waals surface area contributed by atoms with Gasteiger partial charge in [0.2, 0.25) is 0 Å². The highest BCUT2D eigenvalue weighted by molar-refractivity contribution is 5.18. The summed E-state index contributed by atoms with van der Waals surface area (Å²) in [5, 5.41) is 19.7. The van der Waals surface area contributed by atoms with Gasteiger partial charge in [-0.15, -0.1) is 0 Å². The van der Waals surface area contributed by atoms with Crippen molar-refractivity contribution in [1.29, 1.82) is 0 Å². The molecule has 0 aromatic rings. The molecule has 0 spiro atoms. The maximum Gasteiger partial charge on any atom is 0.111 e. The lowest BCUT2D eigenvalue weighted by Gasteiger charge is -2.60. The van der Waals surface area contributed by atoms with E-state index in [2.05, 4.69) is 25.7 Å². The van der Waals surface area contributed by atoms with Crippen molar-refractivity contribution in [2.75, 3.05) is 0 Å². The number of hydrogen-bond donors (Lipinski definition) is 2. The zero-order valence-corrected chi connectivity index (χ0v) is 16.3. The number of aliphatic hydroxyl groups excluding tert-OH is 2. The second kappa shape index (κ2) is 6.28. The lowest BCUT2D eigenvalue weighted by molar-refractivity contribution is -0.124. The molecule has 0 bridgehead atoms. The Labute approximate surface area is 153 Å². The first-order chi connectivity index (χ1) is 11.8. The molecular formula is C23H36O2. The van der Waals surface area contributed by atoms with Crippen LogP contribution in [0, 0.1) is 52.3 Å². The van der Waals surface area contributed by atoms with E-state index < -0.39 is 6.10 Å². The fraction of sp³-hybridized carbons (Fsp3) is 0.913. The molecule has 0 aromatic carbocycles. The third kappa shape index (κ3) is 2.78. The third-order valence-electron chi connectivity index (χ3n) is 9.10. The minimum absolute atomic E-state index is 0.0462. The molecule has 25 heavy (non-hydrogen) atoms. The van der Waals surface area contributed by atoms with Crippen molar-refractivity contribution in [1.82, 2.24) is 0 Å². The molecular weight excluding hydrogens is 308 g/mol. The summed E-state index contributed by atoms with van der Waals surface area (Å²) in [5.74, 6) is 10.3. The molecule has 4 unspecified atom stereocenters. The van der Waals surface area contributed by atoms with Gasteiger partial charge in [-0.2, -0.15) is 0 Å². The lowest BCUT2D eigenvalue weighted by atomic mass is 9.44. The van der Waals surface area contributed by atoms with Gasteiger partial charge < -0.3 is 10.2 Å². The summed E-state index contributed by atoms with van der Waals surface area (Å²) in [6.07, 6.45) is 10.7. The maximum absolute atomic E-state index is 10.2. The molecule has 0 radical (unpaired) electrons. The zero-order valence-electron chi connectivity index (χ0n) is 16.3. The van der Waals surface area contributed by atoms with Crippen LogP contribution in [0.15, 0.2) is 0 Å². The maximum atomic E-state index is 10.2. The molecule has 4 saturated carbocycles. The van der Waals surface area contributed by atoms with Gasteiger partial charge in [0.05, 0.1) is 6.10 Å². The Balaban J connectivity index is 1.57. The van der Waals surface area contributed by atoms with E-state index in [4.69, 9.17) is 0 Å². The summed E-state index contributed by atoms with van der Waals surface area (Å²) in [5.41, 5.74) is 0.827. The molecule has 9 atom stereocenters. The monoisotopic (exact) mass is 344 g/mol. The highest BCUT2D eigenvalue weighted by atomic mass is 16.3. The van der Waals surface area contributed by atoms with Crippen LogP contribution >= 0.6 is 0 Å². The van der Waals surface area contributed by atoms with Crippen molar-refractivity contribution in [3.63, 3.8) is 0 Å². The predicted molar refractivity (Wildman–Crippen MR) is 101 cm³/mol. The van der Waals surface area contributed by atoms with Crippen LogP contribution in [-0.4, -0.2) is 22.4 Å². The molecule has 0 aromatic heterocycles. The van der Waals surface area contributed by atoms with Gasteiger partial charge in [0.25, 0.3) is 0 Å². The lowest BCUT2D eigenvalue weighted by Crippen LogP contribution is -2.53. The van der Waals surface area contributed by atoms with Crippen LogP contribution in [0.5, 0.6) is 0 Å². The number of fused-ring (bicyclic) bond motifs is 5. The van der Waals surface area contributed by atoms with Crippen LogP contribution < -0.4 is 0 Å². The summed E-state index contributed by atoms with van der Waals surface area (Å²) in [7, 11) is 0. The minimum atomic E-state index is -0.498. The van der Waals surface area contributed by atoms with Crippen molar-refractivity contribution in [3.8, 4) is 11.8 Å². The summed E-state index contributed by atoms with van der Waals surface area (Å²) >= 11 is 0. The molecule has 0 heterocycles. The molecule has 4 fully saturated rings. The quantitative estimate of drug-likeness (QED) is 0.640. The second-order valence-corrected chi connectivity index (χ2v) is 10.2. The van der Waals surface area contributed by atoms with Gasteiger partial charge in [-0.25, -0.2) is 0 Å². The van der Waals surface area contributed by atoms with Crippen LogP contribution in [0.25, 0.3) is 0 Å². The molecule has 0 aliphatic heterocycles. The van der Waals surface area contributed by atoms with Crippen molar-refractivity contribution in [2.45, 2.75) is 90.8 Å². The van der Waals surface area contributed by atoms with Gasteiger partial charge in [-0.3, -0.25) is 0 Å². The van der Waals surface area contributed by atoms with Crippen LogP contribution in [0.4, 0.5) is 0 Å². The van der Waals surface area contributed by atoms with E-state index in [1.54, 1.807) is 6.92 Å². The molecule has 2 N–H and O–H groups in total. The van der Waals surface area contributed by atoms with Gasteiger partial charge >= 0.3 is 0 Å². The Morgan fingerprint density at radius 1 is 0.920 bits per heavy atom. The van der Waals surface area contributed by atoms with Crippen LogP contribution in [-0.2, 0) is 0 Å². The summed E-state index contributed by atoms with van der Waals surface area (Å²) in [4.78, 5) is 0. The van der Waals surface area contributed by atoms with Gasteiger partial charge in [-0.1, -0.05) is 25.7 Å². The Kier molecular flexibility index (Phi) is 4.49. The Morgan fingerprint density at radius 3 is 2.40 bits per heavy atom. The van der Waals surface area contributed by atoms with E-state index in [0.29, 0.717) is 16.7 Å². The fourth-order valence-corrected chi connectivity index (χ4v) is 7.69. The molecule has 0 saturated heterocycles. The summed E-state index contributed by atoms with van der Waals surface area (Å²) in [6, 6.07) is 0. The van der Waals surface area contributed by atoms with Crippen molar-refractivity contribution in [2.24, 2.45) is 40.4 Å². The van der Waals surface area contributed by atoms with E-state index in [9.17, 15) is 10.2 Å². The van der Waals surface area contributed by atoms with E-state index >= 15 is 0 Å². The predicted octanol–water partition coefficient (Wildman–Crippen LogP) is 4.39. The van der Waals surface area contributed by atoms with Crippen LogP contribution in [0.3, 0.4) is 0 Å². The highest BCUT2D eigenvalue weighted by Gasteiger charge is 2.59. The average molecular weight is 345 g/mol. The molecule has 140 valence electrons. The van der Waals surface area contributed by atoms with E-state index in [-0.39, 0.29) is 6.10 Å². The Morgan fingerprint density at radius 2 is 1.64 bits per heavy atom. The van der Waals surface area contributed by atoms with E-state index in [1.807, 2.05) is 0 Å². The number of hydrogen-bond acceptors (Lipinski definition) is 2. The first kappa shape index (κ1) is 17.9. The topological polar surface area (TPSA) is 40.5 Å². The van der Waals surface area contributed by atoms with Gasteiger partial charge in [0.1, 0.15) is 6.10 Å². The SMILES string of the molecule is CC(O)C#CC1CC[C@H]2[C@@H]3CCC4CC(O)CC[C@]4(C)[C@@H]3CC[C@]12C. The molecule has 2 heteroatoms. The third-order valence-corrected chi connectivity index (χ3v) is 9.10. The van der Waals surface area contributed by atoms with Crippen LogP contribution in [0.2, 0.25) is 0 Å². The molecule has 4 aliphatic carbocycles. The van der Waals surface area contributed by atoms with Crippen LogP contribution in [0.1, 0.15) is 78.6 Å². The van der Waals surface area contributed by atoms with E-state index in [0.717, 1.165) is 36.5 Å². The Bertz CT molecular complexity index is 572. The average Bonchev–Trinajstić information content (AvgIpc) is 2.90. The largest absolute Gasteiger partial charge is 0.393 e. The van der Waals surface area contributed by atoms with Gasteiger partial charge in [0.15, 0.2) is 0 Å². The highest BCUT2D eigenvalue weighted by Crippen LogP contribution is 2.67. The van der Waals surface area contributed by atoms with Crippen molar-refractivity contribution in [3.05, 3.63) is 0 Å². The fourth-order valence-electron chi connectivity index (χ4n) is 7.69. The van der Waals surface area contributed by atoms with E-state index in [1.165, 1.54) is 44.9 Å². The first-order valence-electron chi connectivity index (χ1n) is 10.7. The number of rotatable bonds is 0. The first-order valence-corrected chi connectivity index (χ1v) is 10.7. The Hall–Kier alpha value is -0.520. The van der Waals surface area contributed by atoms with Crippen molar-refractivity contribution >= 4 is 0 Å². The zero-order chi connectivity index (χ0) is 17.8. The second-order valence-electron chi connectivity index (χ2n) is 10.2. The smallest absolute Gasteiger partial charge is 0.111 e. The molecule has 4 aliphatic rings. The van der Waals surface area contributed by atoms with Crippen molar-refractivity contribution < 1.29 is 10.2 Å². The summed E-state index contributed by atoms with van der Waals surface area (Å²) in [6.45, 7) is 6.84. The van der Waals surface area contributed by atoms with Gasteiger partial charge in [-0.05, 0) is 99.2 Å². The molecule has 2 nitrogen and oxygen atoms in total. The summed E-state index contributed by atoms with van der Waals surface area (Å²) < 4.78 is 0. The standard InChI is InChI=1S/C23H36O2/c1-15(24)4-5-16-7-9-20-19-8-6-17-14-18(25)10-12-23(17,3)21(19)11-13-22(16,20)2/h15-21,24-25H,6-14H2,1-3H3/t15?,16?,17?,18?,19-,20-,21+,22+,23-/m0/s1. The molecule has 0 amide bonds. The minimum Gasteiger partial charge on any atom is -0.393 e. The number of aliphatic hydroxyl groups is 2. The van der Waals surface area contributed by atoms with Gasteiger partial charge in [0, 0.05) is 5.92 Å². The molecule has 4 rings (SSSR count). The normalized spacial score (nSPS) is 53.0.